The molecule has 0 aliphatic carbocycles. The lowest BCUT2D eigenvalue weighted by Gasteiger charge is -2.24. The summed E-state index contributed by atoms with van der Waals surface area (Å²) in [5.41, 5.74) is 2.26. The Balaban J connectivity index is 2.46. The first-order valence-electron chi connectivity index (χ1n) is 5.30. The number of nitrogens with zero attached hydrogens (tertiary/aromatic N) is 3. The summed E-state index contributed by atoms with van der Waals surface area (Å²) < 4.78 is 2.04. The van der Waals surface area contributed by atoms with Crippen molar-refractivity contribution in [3.05, 3.63) is 17.2 Å². The third kappa shape index (κ3) is 1.54. The number of fused-ring (bicyclic) bond motifs is 1. The van der Waals surface area contributed by atoms with Crippen molar-refractivity contribution in [2.45, 2.75) is 39.8 Å². The van der Waals surface area contributed by atoms with Crippen molar-refractivity contribution in [2.24, 2.45) is 0 Å². The predicted octanol–water partition coefficient (Wildman–Crippen LogP) is 1.29. The maximum absolute atomic E-state index is 11.6. The van der Waals surface area contributed by atoms with E-state index in [2.05, 4.69) is 18.8 Å². The molecule has 15 heavy (non-hydrogen) atoms. The van der Waals surface area contributed by atoms with Gasteiger partial charge in [0.15, 0.2) is 0 Å². The van der Waals surface area contributed by atoms with Crippen LogP contribution in [-0.2, 0) is 17.9 Å². The number of rotatable bonds is 1. The molecule has 0 saturated heterocycles. The number of hydrogen-bond donors (Lipinski definition) is 0. The van der Waals surface area contributed by atoms with Crippen LogP contribution in [0, 0.1) is 6.92 Å². The molecule has 4 heteroatoms. The fraction of sp³-hybridized carbons (Fsp3) is 0.636. The lowest BCUT2D eigenvalue weighted by atomic mass is 10.1. The standard InChI is InChI=1S/C11H17N3O/c1-7(2)11-8(3)14-6-10(15)13(4)5-9(14)12-11/h7H,5-6H2,1-4H3. The largest absolute Gasteiger partial charge is 0.337 e. The Labute approximate surface area is 89.9 Å². The van der Waals surface area contributed by atoms with Gasteiger partial charge in [0.1, 0.15) is 12.4 Å². The molecule has 0 unspecified atom stereocenters. The fourth-order valence-corrected chi connectivity index (χ4v) is 2.05. The summed E-state index contributed by atoms with van der Waals surface area (Å²) in [6.45, 7) is 7.38. The molecule has 0 N–H and O–H groups in total. The van der Waals surface area contributed by atoms with Crippen molar-refractivity contribution < 1.29 is 4.79 Å². The summed E-state index contributed by atoms with van der Waals surface area (Å²) in [5.74, 6) is 1.60. The lowest BCUT2D eigenvalue weighted by Crippen LogP contribution is -2.36. The van der Waals surface area contributed by atoms with Crippen LogP contribution in [0.4, 0.5) is 0 Å². The number of hydrogen-bond acceptors (Lipinski definition) is 2. The van der Waals surface area contributed by atoms with Gasteiger partial charge in [-0.1, -0.05) is 13.8 Å². The van der Waals surface area contributed by atoms with Crippen LogP contribution in [0.15, 0.2) is 0 Å². The van der Waals surface area contributed by atoms with Crippen LogP contribution < -0.4 is 0 Å². The van der Waals surface area contributed by atoms with E-state index in [-0.39, 0.29) is 5.91 Å². The van der Waals surface area contributed by atoms with E-state index in [1.807, 2.05) is 18.5 Å². The summed E-state index contributed by atoms with van der Waals surface area (Å²) in [6, 6.07) is 0. The Hall–Kier alpha value is -1.32. The average molecular weight is 207 g/mol. The molecule has 0 saturated carbocycles. The van der Waals surface area contributed by atoms with Gasteiger partial charge in [-0.05, 0) is 12.8 Å². The van der Waals surface area contributed by atoms with Crippen molar-refractivity contribution in [1.29, 1.82) is 0 Å². The number of aromatic nitrogens is 2. The summed E-state index contributed by atoms with van der Waals surface area (Å²) in [6.07, 6.45) is 0. The highest BCUT2D eigenvalue weighted by Crippen LogP contribution is 2.22. The van der Waals surface area contributed by atoms with Crippen LogP contribution in [0.25, 0.3) is 0 Å². The molecular formula is C11H17N3O. The van der Waals surface area contributed by atoms with E-state index >= 15 is 0 Å². The topological polar surface area (TPSA) is 38.1 Å². The van der Waals surface area contributed by atoms with Crippen molar-refractivity contribution in [2.75, 3.05) is 7.05 Å². The van der Waals surface area contributed by atoms with Crippen molar-refractivity contribution in [3.8, 4) is 0 Å². The highest BCUT2D eigenvalue weighted by molar-refractivity contribution is 5.76. The SMILES string of the molecule is Cc1c(C(C)C)nc2n1CC(=O)N(C)C2. The smallest absolute Gasteiger partial charge is 0.242 e. The number of carbonyl (C=O) groups excluding carboxylic acids is 1. The first-order valence-corrected chi connectivity index (χ1v) is 5.30. The van der Waals surface area contributed by atoms with Gasteiger partial charge >= 0.3 is 0 Å². The number of carbonyl (C=O) groups is 1. The van der Waals surface area contributed by atoms with Crippen LogP contribution in [0.3, 0.4) is 0 Å². The van der Waals surface area contributed by atoms with Gasteiger partial charge in [-0.3, -0.25) is 4.79 Å². The first-order chi connectivity index (χ1) is 7.00. The normalized spacial score (nSPS) is 16.1. The molecule has 1 aromatic heterocycles. The van der Waals surface area contributed by atoms with Crippen LogP contribution >= 0.6 is 0 Å². The van der Waals surface area contributed by atoms with Gasteiger partial charge in [0, 0.05) is 12.7 Å². The molecule has 1 amide bonds. The summed E-state index contributed by atoms with van der Waals surface area (Å²) >= 11 is 0. The third-order valence-electron chi connectivity index (χ3n) is 2.98. The second-order valence-corrected chi connectivity index (χ2v) is 4.49. The molecule has 82 valence electrons. The Morgan fingerprint density at radius 3 is 2.60 bits per heavy atom. The predicted molar refractivity (Wildman–Crippen MR) is 57.5 cm³/mol. The summed E-state index contributed by atoms with van der Waals surface area (Å²) in [7, 11) is 1.82. The van der Waals surface area contributed by atoms with Gasteiger partial charge in [-0.2, -0.15) is 0 Å². The van der Waals surface area contributed by atoms with E-state index in [9.17, 15) is 4.79 Å². The molecule has 0 bridgehead atoms. The van der Waals surface area contributed by atoms with E-state index in [1.165, 1.54) is 0 Å². The Bertz CT molecular complexity index is 406. The molecule has 0 aromatic carbocycles. The molecule has 0 fully saturated rings. The highest BCUT2D eigenvalue weighted by atomic mass is 16.2. The highest BCUT2D eigenvalue weighted by Gasteiger charge is 2.24. The van der Waals surface area contributed by atoms with Gasteiger partial charge in [-0.25, -0.2) is 4.98 Å². The third-order valence-corrected chi connectivity index (χ3v) is 2.98. The molecule has 0 atom stereocenters. The Morgan fingerprint density at radius 2 is 2.00 bits per heavy atom. The minimum atomic E-state index is 0.165. The monoisotopic (exact) mass is 207 g/mol. The maximum Gasteiger partial charge on any atom is 0.242 e. The van der Waals surface area contributed by atoms with Crippen molar-refractivity contribution in [1.82, 2.24) is 14.5 Å². The van der Waals surface area contributed by atoms with E-state index in [0.717, 1.165) is 17.2 Å². The van der Waals surface area contributed by atoms with E-state index in [1.54, 1.807) is 4.90 Å². The van der Waals surface area contributed by atoms with Crippen LogP contribution in [0.2, 0.25) is 0 Å². The molecule has 1 aliphatic heterocycles. The lowest BCUT2D eigenvalue weighted by molar-refractivity contribution is -0.132. The zero-order chi connectivity index (χ0) is 11.2. The molecule has 4 nitrogen and oxygen atoms in total. The second-order valence-electron chi connectivity index (χ2n) is 4.49. The molecule has 2 rings (SSSR count). The molecular weight excluding hydrogens is 190 g/mol. The van der Waals surface area contributed by atoms with E-state index < -0.39 is 0 Å². The van der Waals surface area contributed by atoms with Crippen LogP contribution in [0.5, 0.6) is 0 Å². The van der Waals surface area contributed by atoms with E-state index in [4.69, 9.17) is 0 Å². The van der Waals surface area contributed by atoms with Gasteiger partial charge in [0.2, 0.25) is 5.91 Å². The average Bonchev–Trinajstić information content (AvgIpc) is 2.46. The van der Waals surface area contributed by atoms with Crippen molar-refractivity contribution in [3.63, 3.8) is 0 Å². The molecule has 0 spiro atoms. The van der Waals surface area contributed by atoms with Gasteiger partial charge in [0.25, 0.3) is 0 Å². The minimum Gasteiger partial charge on any atom is -0.337 e. The zero-order valence-electron chi connectivity index (χ0n) is 9.74. The quantitative estimate of drug-likeness (QED) is 0.696. The first kappa shape index (κ1) is 10.2. The molecule has 1 aliphatic rings. The van der Waals surface area contributed by atoms with Gasteiger partial charge in [-0.15, -0.1) is 0 Å². The van der Waals surface area contributed by atoms with Gasteiger partial charge < -0.3 is 9.47 Å². The van der Waals surface area contributed by atoms with Crippen molar-refractivity contribution >= 4 is 5.91 Å². The Morgan fingerprint density at radius 1 is 1.33 bits per heavy atom. The Kier molecular flexibility index (Phi) is 2.29. The van der Waals surface area contributed by atoms with Gasteiger partial charge in [0.05, 0.1) is 12.2 Å². The van der Waals surface area contributed by atoms with E-state index in [0.29, 0.717) is 19.0 Å². The number of imidazole rings is 1. The zero-order valence-corrected chi connectivity index (χ0v) is 9.74. The summed E-state index contributed by atoms with van der Waals surface area (Å²) in [4.78, 5) is 17.9. The number of amides is 1. The molecule has 2 heterocycles. The van der Waals surface area contributed by atoms with Crippen LogP contribution in [-0.4, -0.2) is 27.4 Å². The fourth-order valence-electron chi connectivity index (χ4n) is 2.05. The summed E-state index contributed by atoms with van der Waals surface area (Å²) in [5, 5.41) is 0. The number of likely N-dealkylation sites (N-methyl/N-ethyl adjacent to an activating group) is 1. The molecule has 0 radical (unpaired) electrons. The maximum atomic E-state index is 11.6. The molecule has 1 aromatic rings. The van der Waals surface area contributed by atoms with Crippen LogP contribution in [0.1, 0.15) is 37.0 Å². The minimum absolute atomic E-state index is 0.165. The second kappa shape index (κ2) is 3.36.